The van der Waals surface area contributed by atoms with Gasteiger partial charge in [0, 0.05) is 12.4 Å². The molecule has 120 valence electrons. The first-order valence-corrected chi connectivity index (χ1v) is 6.45. The Hall–Kier alpha value is -2.90. The number of halogens is 3. The smallest absolute Gasteiger partial charge is 0.340 e. The van der Waals surface area contributed by atoms with Gasteiger partial charge in [-0.25, -0.2) is 18.0 Å². The van der Waals surface area contributed by atoms with E-state index >= 15 is 0 Å². The molecule has 1 heterocycles. The highest BCUT2D eigenvalue weighted by Crippen LogP contribution is 2.20. The Bertz CT molecular complexity index is 738. The maximum atomic E-state index is 13.5. The van der Waals surface area contributed by atoms with E-state index in [1.807, 2.05) is 5.32 Å². The minimum atomic E-state index is -1.71. The van der Waals surface area contributed by atoms with Crippen LogP contribution in [0.25, 0.3) is 0 Å². The molecule has 1 aromatic heterocycles. The van der Waals surface area contributed by atoms with E-state index in [0.29, 0.717) is 6.07 Å². The van der Waals surface area contributed by atoms with Crippen molar-refractivity contribution in [1.29, 1.82) is 0 Å². The molecule has 0 unspecified atom stereocenters. The van der Waals surface area contributed by atoms with Crippen LogP contribution in [0, 0.1) is 17.5 Å². The minimum Gasteiger partial charge on any atom is -0.449 e. The number of nitrogens with zero attached hydrogens (tertiary/aromatic N) is 1. The molecule has 0 bridgehead atoms. The molecule has 1 atom stereocenters. The first kappa shape index (κ1) is 16.5. The Morgan fingerprint density at radius 2 is 1.91 bits per heavy atom. The number of ether oxygens (including phenoxy) is 1. The summed E-state index contributed by atoms with van der Waals surface area (Å²) in [6, 6.07) is 4.48. The monoisotopic (exact) mass is 324 g/mol. The number of nitrogens with one attached hydrogen (secondary N) is 1. The van der Waals surface area contributed by atoms with E-state index in [1.54, 1.807) is 0 Å². The van der Waals surface area contributed by atoms with Crippen LogP contribution >= 0.6 is 0 Å². The third-order valence-corrected chi connectivity index (χ3v) is 2.84. The summed E-state index contributed by atoms with van der Waals surface area (Å²) in [6.45, 7) is 1.25. The van der Waals surface area contributed by atoms with Gasteiger partial charge in [-0.1, -0.05) is 0 Å². The highest BCUT2D eigenvalue weighted by molar-refractivity contribution is 5.97. The fourth-order valence-electron chi connectivity index (χ4n) is 1.62. The maximum absolute atomic E-state index is 13.5. The second kappa shape index (κ2) is 6.91. The number of pyridine rings is 1. The van der Waals surface area contributed by atoms with Crippen molar-refractivity contribution in [3.63, 3.8) is 0 Å². The van der Waals surface area contributed by atoms with Crippen LogP contribution < -0.4 is 5.32 Å². The Morgan fingerprint density at radius 3 is 2.57 bits per heavy atom. The van der Waals surface area contributed by atoms with Gasteiger partial charge < -0.3 is 10.1 Å². The van der Waals surface area contributed by atoms with Crippen LogP contribution in [-0.4, -0.2) is 23.0 Å². The van der Waals surface area contributed by atoms with Crippen molar-refractivity contribution in [3.8, 4) is 0 Å². The quantitative estimate of drug-likeness (QED) is 0.693. The fraction of sp³-hybridized carbons (Fsp3) is 0.133. The molecule has 0 saturated heterocycles. The summed E-state index contributed by atoms with van der Waals surface area (Å²) in [7, 11) is 0. The first-order valence-electron chi connectivity index (χ1n) is 6.45. The number of carbonyl (C=O) groups is 2. The second-order valence-electron chi connectivity index (χ2n) is 4.50. The number of esters is 1. The molecule has 0 radical (unpaired) electrons. The summed E-state index contributed by atoms with van der Waals surface area (Å²) in [4.78, 5) is 27.3. The molecule has 2 aromatic rings. The molecular formula is C15H11F3N2O3. The standard InChI is InChI=1S/C15H11F3N2O3/c1-8(23-15(22)9-3-2-6-19-7-9)14(21)20-11-5-4-10(16)12(17)13(11)18/h2-8H,1H3,(H,20,21)/t8-/m0/s1. The second-order valence-corrected chi connectivity index (χ2v) is 4.50. The minimum absolute atomic E-state index is 0.131. The lowest BCUT2D eigenvalue weighted by Gasteiger charge is -2.14. The summed E-state index contributed by atoms with van der Waals surface area (Å²) in [5.41, 5.74) is -0.427. The lowest BCUT2D eigenvalue weighted by atomic mass is 10.2. The number of hydrogen-bond acceptors (Lipinski definition) is 4. The molecule has 0 aliphatic heterocycles. The maximum Gasteiger partial charge on any atom is 0.340 e. The van der Waals surface area contributed by atoms with Gasteiger partial charge in [0.15, 0.2) is 23.6 Å². The fourth-order valence-corrected chi connectivity index (χ4v) is 1.62. The summed E-state index contributed by atoms with van der Waals surface area (Å²) < 4.78 is 44.2. The predicted octanol–water partition coefficient (Wildman–Crippen LogP) is 2.68. The lowest BCUT2D eigenvalue weighted by Crippen LogP contribution is -2.30. The number of anilines is 1. The zero-order valence-electron chi connectivity index (χ0n) is 11.8. The van der Waals surface area contributed by atoms with Gasteiger partial charge in [0.25, 0.3) is 5.91 Å². The van der Waals surface area contributed by atoms with Crippen LogP contribution in [0.15, 0.2) is 36.7 Å². The number of amides is 1. The van der Waals surface area contributed by atoms with Crippen molar-refractivity contribution in [3.05, 3.63) is 59.7 Å². The van der Waals surface area contributed by atoms with E-state index in [0.717, 1.165) is 6.07 Å². The largest absolute Gasteiger partial charge is 0.449 e. The van der Waals surface area contributed by atoms with Crippen molar-refractivity contribution in [2.75, 3.05) is 5.32 Å². The third kappa shape index (κ3) is 3.85. The van der Waals surface area contributed by atoms with Crippen molar-refractivity contribution in [1.82, 2.24) is 4.98 Å². The summed E-state index contributed by atoms with van der Waals surface area (Å²) in [6.07, 6.45) is 1.43. The lowest BCUT2D eigenvalue weighted by molar-refractivity contribution is -0.123. The van der Waals surface area contributed by atoms with E-state index in [9.17, 15) is 22.8 Å². The van der Waals surface area contributed by atoms with Crippen molar-refractivity contribution in [2.24, 2.45) is 0 Å². The number of carbonyl (C=O) groups excluding carboxylic acids is 2. The van der Waals surface area contributed by atoms with Crippen molar-refractivity contribution < 1.29 is 27.5 Å². The zero-order valence-corrected chi connectivity index (χ0v) is 11.8. The zero-order chi connectivity index (χ0) is 17.0. The normalized spacial score (nSPS) is 11.7. The van der Waals surface area contributed by atoms with E-state index in [1.165, 1.54) is 31.5 Å². The highest BCUT2D eigenvalue weighted by Gasteiger charge is 2.21. The van der Waals surface area contributed by atoms with Crippen LogP contribution in [0.5, 0.6) is 0 Å². The third-order valence-electron chi connectivity index (χ3n) is 2.84. The first-order chi connectivity index (χ1) is 10.9. The SMILES string of the molecule is C[C@H](OC(=O)c1cccnc1)C(=O)Nc1ccc(F)c(F)c1F. The van der Waals surface area contributed by atoms with E-state index in [4.69, 9.17) is 4.74 Å². The van der Waals surface area contributed by atoms with Crippen molar-refractivity contribution in [2.45, 2.75) is 13.0 Å². The topological polar surface area (TPSA) is 68.3 Å². The molecule has 23 heavy (non-hydrogen) atoms. The van der Waals surface area contributed by atoms with Crippen LogP contribution in [-0.2, 0) is 9.53 Å². The van der Waals surface area contributed by atoms with Gasteiger partial charge in [0.1, 0.15) is 0 Å². The van der Waals surface area contributed by atoms with Gasteiger partial charge in [-0.3, -0.25) is 9.78 Å². The van der Waals surface area contributed by atoms with Gasteiger partial charge in [0.05, 0.1) is 11.3 Å². The molecule has 1 aromatic carbocycles. The van der Waals surface area contributed by atoms with Gasteiger partial charge in [-0.05, 0) is 31.2 Å². The summed E-state index contributed by atoms with van der Waals surface area (Å²) in [5.74, 6) is -6.32. The molecule has 2 rings (SSSR count). The highest BCUT2D eigenvalue weighted by atomic mass is 19.2. The van der Waals surface area contributed by atoms with Crippen LogP contribution in [0.3, 0.4) is 0 Å². The molecule has 0 saturated carbocycles. The van der Waals surface area contributed by atoms with E-state index in [-0.39, 0.29) is 5.56 Å². The molecule has 0 spiro atoms. The van der Waals surface area contributed by atoms with Gasteiger partial charge in [0.2, 0.25) is 0 Å². The van der Waals surface area contributed by atoms with Gasteiger partial charge in [-0.15, -0.1) is 0 Å². The number of hydrogen-bond donors (Lipinski definition) is 1. The molecule has 0 fully saturated rings. The molecule has 1 N–H and O–H groups in total. The average molecular weight is 324 g/mol. The van der Waals surface area contributed by atoms with Crippen LogP contribution in [0.4, 0.5) is 18.9 Å². The Balaban J connectivity index is 2.03. The summed E-state index contributed by atoms with van der Waals surface area (Å²) in [5, 5.41) is 2.02. The number of aromatic nitrogens is 1. The molecular weight excluding hydrogens is 313 g/mol. The van der Waals surface area contributed by atoms with Crippen LogP contribution in [0.2, 0.25) is 0 Å². The average Bonchev–Trinajstić information content (AvgIpc) is 2.56. The van der Waals surface area contributed by atoms with Gasteiger partial charge >= 0.3 is 5.97 Å². The van der Waals surface area contributed by atoms with Crippen molar-refractivity contribution >= 4 is 17.6 Å². The van der Waals surface area contributed by atoms with E-state index < -0.39 is 41.1 Å². The van der Waals surface area contributed by atoms with E-state index in [2.05, 4.69) is 4.98 Å². The number of rotatable bonds is 4. The summed E-state index contributed by atoms with van der Waals surface area (Å²) >= 11 is 0. The molecule has 1 amide bonds. The van der Waals surface area contributed by atoms with Gasteiger partial charge in [-0.2, -0.15) is 0 Å². The Morgan fingerprint density at radius 1 is 1.17 bits per heavy atom. The predicted molar refractivity (Wildman–Crippen MR) is 74.1 cm³/mol. The Labute approximate surface area is 129 Å². The molecule has 5 nitrogen and oxygen atoms in total. The number of benzene rings is 1. The molecule has 0 aliphatic carbocycles. The molecule has 0 aliphatic rings. The Kier molecular flexibility index (Phi) is 4.95. The van der Waals surface area contributed by atoms with Crippen LogP contribution in [0.1, 0.15) is 17.3 Å². The molecule has 8 heteroatoms.